The zero-order chi connectivity index (χ0) is 15.4. The summed E-state index contributed by atoms with van der Waals surface area (Å²) in [6.45, 7) is 0. The van der Waals surface area contributed by atoms with E-state index in [1.54, 1.807) is 0 Å². The second kappa shape index (κ2) is 4.18. The maximum atomic E-state index is 12.9. The number of hydrogen-bond donors (Lipinski definition) is 0. The Morgan fingerprint density at radius 1 is 1.25 bits per heavy atom. The zero-order valence-electron chi connectivity index (χ0n) is 8.94. The lowest BCUT2D eigenvalue weighted by atomic mass is 10.2. The molecule has 3 atom stereocenters. The molecule has 20 heavy (non-hydrogen) atoms. The van der Waals surface area contributed by atoms with Gasteiger partial charge >= 0.3 is 23.6 Å². The molecule has 0 fully saturated rings. The molecule has 0 bridgehead atoms. The quantitative estimate of drug-likeness (QED) is 0.340. The Morgan fingerprint density at radius 2 is 1.85 bits per heavy atom. The van der Waals surface area contributed by atoms with Crippen LogP contribution in [-0.2, 0) is 0 Å². The van der Waals surface area contributed by atoms with Crippen LogP contribution in [0.25, 0.3) is 0 Å². The average molecular weight is 344 g/mol. The van der Waals surface area contributed by atoms with Crippen LogP contribution in [0, 0.1) is 0 Å². The maximum Gasteiger partial charge on any atom is 0.611 e. The van der Waals surface area contributed by atoms with Gasteiger partial charge in [0.25, 0.3) is 10.3 Å². The van der Waals surface area contributed by atoms with Crippen LogP contribution in [0.1, 0.15) is 6.17 Å². The molecule has 0 aromatic carbocycles. The first-order valence-electron chi connectivity index (χ1n) is 4.64. The molecule has 1 aromatic heterocycles. The zero-order valence-corrected chi connectivity index (χ0v) is 10.5. The molecule has 0 saturated carbocycles. The van der Waals surface area contributed by atoms with Gasteiger partial charge in [0, 0.05) is 0 Å². The van der Waals surface area contributed by atoms with E-state index in [1.165, 1.54) is 0 Å². The van der Waals surface area contributed by atoms with E-state index in [0.717, 1.165) is 12.4 Å². The molecule has 0 saturated heterocycles. The second-order valence-corrected chi connectivity index (χ2v) is 4.78. The highest BCUT2D eigenvalue weighted by Crippen LogP contribution is 2.55. The van der Waals surface area contributed by atoms with E-state index in [-0.39, 0.29) is 4.68 Å². The normalized spacial score (nSPS) is 34.7. The minimum atomic E-state index is -5.40. The van der Waals surface area contributed by atoms with E-state index < -0.39 is 27.8 Å². The SMILES string of the molecule is FC(F)(F)C1(Cl)[N+]=N[N+](Cl)(C(F)(F)F)C1n1ccnn1. The van der Waals surface area contributed by atoms with Crippen LogP contribution in [0.15, 0.2) is 17.6 Å². The van der Waals surface area contributed by atoms with Crippen LogP contribution in [-0.4, -0.2) is 36.6 Å². The van der Waals surface area contributed by atoms with Crippen LogP contribution in [0.2, 0.25) is 0 Å². The Morgan fingerprint density at radius 3 is 2.25 bits per heavy atom. The number of rotatable bonds is 1. The van der Waals surface area contributed by atoms with E-state index in [0.29, 0.717) is 0 Å². The highest BCUT2D eigenvalue weighted by molar-refractivity contribution is 6.24. The summed E-state index contributed by atoms with van der Waals surface area (Å²) in [5, 5.41) is 11.2. The van der Waals surface area contributed by atoms with Crippen LogP contribution in [0.5, 0.6) is 0 Å². The van der Waals surface area contributed by atoms with Gasteiger partial charge in [0.1, 0.15) is 0 Å². The number of halogens is 8. The van der Waals surface area contributed by atoms with Crippen molar-refractivity contribution in [1.29, 1.82) is 0 Å². The average Bonchev–Trinajstić information content (AvgIpc) is 2.84. The lowest BCUT2D eigenvalue weighted by Crippen LogP contribution is -2.58. The van der Waals surface area contributed by atoms with E-state index in [1.807, 2.05) is 0 Å². The number of quaternary nitrogens is 1. The third-order valence-electron chi connectivity index (χ3n) is 2.43. The summed E-state index contributed by atoms with van der Waals surface area (Å²) in [4.78, 5) is -3.72. The Hall–Kier alpha value is -1.14. The predicted molar refractivity (Wildman–Crippen MR) is 50.4 cm³/mol. The fourth-order valence-electron chi connectivity index (χ4n) is 1.53. The van der Waals surface area contributed by atoms with Gasteiger partial charge in [-0.15, -0.1) is 18.3 Å². The lowest BCUT2D eigenvalue weighted by Gasteiger charge is -2.25. The molecule has 2 heterocycles. The van der Waals surface area contributed by atoms with E-state index in [4.69, 9.17) is 23.4 Å². The first kappa shape index (κ1) is 15.3. The third-order valence-corrected chi connectivity index (χ3v) is 3.36. The molecule has 1 aliphatic heterocycles. The molecule has 0 aliphatic carbocycles. The van der Waals surface area contributed by atoms with E-state index in [2.05, 4.69) is 20.6 Å². The van der Waals surface area contributed by atoms with Crippen molar-refractivity contribution < 1.29 is 30.5 Å². The minimum Gasteiger partial charge on any atom is -0.186 e. The van der Waals surface area contributed by atoms with Gasteiger partial charge in [-0.1, -0.05) is 5.21 Å². The minimum absolute atomic E-state index is 0.209. The summed E-state index contributed by atoms with van der Waals surface area (Å²) in [6.07, 6.45) is -11.9. The second-order valence-electron chi connectivity index (χ2n) is 3.69. The fraction of sp³-hybridized carbons (Fsp3) is 0.667. The van der Waals surface area contributed by atoms with Gasteiger partial charge in [-0.25, -0.2) is 0 Å². The number of nitrogens with zero attached hydrogens (tertiary/aromatic N) is 6. The van der Waals surface area contributed by atoms with Crippen molar-refractivity contribution >= 4 is 23.4 Å². The van der Waals surface area contributed by atoms with Crippen molar-refractivity contribution in [3.63, 3.8) is 0 Å². The largest absolute Gasteiger partial charge is 0.611 e. The Balaban J connectivity index is 2.63. The van der Waals surface area contributed by atoms with Crippen molar-refractivity contribution in [3.05, 3.63) is 12.4 Å². The first-order valence-corrected chi connectivity index (χ1v) is 5.36. The summed E-state index contributed by atoms with van der Waals surface area (Å²) in [5.74, 6) is 0. The third kappa shape index (κ3) is 1.93. The molecule has 111 valence electrons. The van der Waals surface area contributed by atoms with Crippen LogP contribution in [0.4, 0.5) is 26.3 Å². The van der Waals surface area contributed by atoms with E-state index in [9.17, 15) is 26.3 Å². The summed E-state index contributed by atoms with van der Waals surface area (Å²) >= 11 is 10.4. The molecule has 1 aliphatic rings. The molecular formula is C6H3Cl2F6N6+2. The fourth-order valence-corrected chi connectivity index (χ4v) is 2.12. The molecule has 0 N–H and O–H groups in total. The van der Waals surface area contributed by atoms with Gasteiger partial charge in [-0.3, -0.25) is 0 Å². The molecule has 6 nitrogen and oxygen atoms in total. The molecule has 3 unspecified atom stereocenters. The van der Waals surface area contributed by atoms with Crippen molar-refractivity contribution in [2.75, 3.05) is 0 Å². The Kier molecular flexibility index (Phi) is 3.19. The van der Waals surface area contributed by atoms with Crippen molar-refractivity contribution in [1.82, 2.24) is 20.1 Å². The first-order chi connectivity index (χ1) is 8.93. The van der Waals surface area contributed by atoms with E-state index >= 15 is 0 Å². The Labute approximate surface area is 116 Å². The Bertz CT molecular complexity index is 497. The lowest BCUT2D eigenvalue weighted by molar-refractivity contribution is -0.972. The van der Waals surface area contributed by atoms with Gasteiger partial charge in [-0.05, 0) is 11.6 Å². The number of hydrogen-bond acceptors (Lipinski definition) is 4. The topological polar surface area (TPSA) is 57.2 Å². The monoisotopic (exact) mass is 343 g/mol. The molecule has 1 radical (unpaired) electrons. The van der Waals surface area contributed by atoms with Gasteiger partial charge in [0.15, 0.2) is 0 Å². The summed E-state index contributed by atoms with van der Waals surface area (Å²) in [7, 11) is 0. The molecule has 0 spiro atoms. The van der Waals surface area contributed by atoms with Crippen molar-refractivity contribution in [3.8, 4) is 0 Å². The van der Waals surface area contributed by atoms with Gasteiger partial charge in [0.05, 0.1) is 16.5 Å². The van der Waals surface area contributed by atoms with Crippen LogP contribution in [0.3, 0.4) is 0 Å². The van der Waals surface area contributed by atoms with Crippen molar-refractivity contribution in [2.45, 2.75) is 23.6 Å². The summed E-state index contributed by atoms with van der Waals surface area (Å²) < 4.78 is 74.9. The molecule has 14 heteroatoms. The van der Waals surface area contributed by atoms with Gasteiger partial charge < -0.3 is 0 Å². The van der Waals surface area contributed by atoms with Gasteiger partial charge in [0.2, 0.25) is 11.8 Å². The van der Waals surface area contributed by atoms with Crippen LogP contribution < -0.4 is 5.11 Å². The highest BCUT2D eigenvalue weighted by atomic mass is 35.5. The van der Waals surface area contributed by atoms with Crippen molar-refractivity contribution in [2.24, 2.45) is 5.22 Å². The molecular weight excluding hydrogens is 341 g/mol. The molecule has 0 amide bonds. The summed E-state index contributed by atoms with van der Waals surface area (Å²) in [5.41, 5.74) is 0. The standard InChI is InChI=1S/C6H3Cl2F6N6/c7-4(5(9,10)11)3(19-2-1-15-17-19)20(8,18-16-4)6(12,13)14/h1-3H/q+2. The summed E-state index contributed by atoms with van der Waals surface area (Å²) in [6, 6.07) is 0. The number of aromatic nitrogens is 3. The predicted octanol–water partition coefficient (Wildman–Crippen LogP) is 2.48. The number of alkyl halides is 7. The highest BCUT2D eigenvalue weighted by Gasteiger charge is 2.89. The molecule has 1 aromatic rings. The maximum absolute atomic E-state index is 12.9. The smallest absolute Gasteiger partial charge is 0.186 e. The molecule has 2 rings (SSSR count). The van der Waals surface area contributed by atoms with Crippen LogP contribution >= 0.6 is 23.4 Å². The van der Waals surface area contributed by atoms with Gasteiger partial charge in [-0.2, -0.15) is 17.9 Å².